The molecule has 0 saturated carbocycles. The SMILES string of the molecule is O=C(CN(c1ccc(Cl)c(C(F)(F)F)c1)S(=O)(=O)c1ccccc1)NN=Cc1ccncc1. The summed E-state index contributed by atoms with van der Waals surface area (Å²) in [6.07, 6.45) is -0.502. The largest absolute Gasteiger partial charge is 0.417 e. The van der Waals surface area contributed by atoms with Gasteiger partial charge in [-0.25, -0.2) is 13.8 Å². The fourth-order valence-electron chi connectivity index (χ4n) is 2.71. The quantitative estimate of drug-likeness (QED) is 0.394. The molecule has 1 aromatic heterocycles. The Morgan fingerprint density at radius 3 is 2.39 bits per heavy atom. The van der Waals surface area contributed by atoms with Crippen molar-refractivity contribution in [2.24, 2.45) is 5.10 Å². The Bertz CT molecular complexity index is 1250. The molecular weight excluding hydrogens is 481 g/mol. The Labute approximate surface area is 192 Å². The Morgan fingerprint density at radius 1 is 1.09 bits per heavy atom. The zero-order chi connectivity index (χ0) is 24.1. The van der Waals surface area contributed by atoms with Crippen LogP contribution in [-0.4, -0.2) is 32.1 Å². The van der Waals surface area contributed by atoms with Gasteiger partial charge in [0.1, 0.15) is 6.54 Å². The zero-order valence-electron chi connectivity index (χ0n) is 16.7. The maximum atomic E-state index is 13.3. The van der Waals surface area contributed by atoms with E-state index >= 15 is 0 Å². The maximum Gasteiger partial charge on any atom is 0.417 e. The minimum atomic E-state index is -4.83. The number of hydrogen-bond donors (Lipinski definition) is 1. The van der Waals surface area contributed by atoms with Crippen molar-refractivity contribution in [3.05, 3.63) is 89.2 Å². The van der Waals surface area contributed by atoms with E-state index in [4.69, 9.17) is 11.6 Å². The molecule has 1 amide bonds. The van der Waals surface area contributed by atoms with Crippen molar-refractivity contribution in [3.8, 4) is 0 Å². The van der Waals surface area contributed by atoms with Crippen molar-refractivity contribution in [3.63, 3.8) is 0 Å². The highest BCUT2D eigenvalue weighted by Gasteiger charge is 2.35. The van der Waals surface area contributed by atoms with Crippen molar-refractivity contribution in [1.82, 2.24) is 10.4 Å². The Kier molecular flexibility index (Phi) is 7.34. The predicted molar refractivity (Wildman–Crippen MR) is 117 cm³/mol. The second-order valence-corrected chi connectivity index (χ2v) is 8.83. The molecule has 12 heteroatoms. The normalized spacial score (nSPS) is 12.0. The van der Waals surface area contributed by atoms with E-state index in [2.05, 4.69) is 15.5 Å². The van der Waals surface area contributed by atoms with Gasteiger partial charge in [0.25, 0.3) is 15.9 Å². The fraction of sp³-hybridized carbons (Fsp3) is 0.0952. The molecule has 3 rings (SSSR count). The average Bonchev–Trinajstić information content (AvgIpc) is 2.78. The molecule has 33 heavy (non-hydrogen) atoms. The van der Waals surface area contributed by atoms with Crippen LogP contribution in [0.1, 0.15) is 11.1 Å². The first-order valence-electron chi connectivity index (χ1n) is 9.25. The van der Waals surface area contributed by atoms with Gasteiger partial charge in [-0.2, -0.15) is 18.3 Å². The molecule has 1 heterocycles. The molecule has 0 spiro atoms. The van der Waals surface area contributed by atoms with E-state index in [1.807, 2.05) is 0 Å². The van der Waals surface area contributed by atoms with Gasteiger partial charge in [0.2, 0.25) is 0 Å². The third kappa shape index (κ3) is 6.08. The van der Waals surface area contributed by atoms with Gasteiger partial charge in [0.05, 0.1) is 27.4 Å². The van der Waals surface area contributed by atoms with E-state index in [1.165, 1.54) is 42.9 Å². The number of rotatable bonds is 7. The third-order valence-electron chi connectivity index (χ3n) is 4.27. The third-order valence-corrected chi connectivity index (χ3v) is 6.39. The van der Waals surface area contributed by atoms with Crippen molar-refractivity contribution < 1.29 is 26.4 Å². The van der Waals surface area contributed by atoms with Gasteiger partial charge in [-0.15, -0.1) is 0 Å². The van der Waals surface area contributed by atoms with E-state index in [9.17, 15) is 26.4 Å². The molecule has 0 aliphatic heterocycles. The monoisotopic (exact) mass is 496 g/mol. The number of sulfonamides is 1. The van der Waals surface area contributed by atoms with Crippen LogP contribution in [0, 0.1) is 0 Å². The second-order valence-electron chi connectivity index (χ2n) is 6.56. The van der Waals surface area contributed by atoms with E-state index in [0.717, 1.165) is 12.1 Å². The van der Waals surface area contributed by atoms with Crippen molar-refractivity contribution in [1.29, 1.82) is 0 Å². The van der Waals surface area contributed by atoms with Crippen LogP contribution in [-0.2, 0) is 21.0 Å². The lowest BCUT2D eigenvalue weighted by molar-refractivity contribution is -0.137. The Balaban J connectivity index is 1.95. The van der Waals surface area contributed by atoms with Crippen molar-refractivity contribution >= 4 is 39.4 Å². The standard InChI is InChI=1S/C21H16ClF3N4O3S/c22-19-7-6-16(12-18(19)21(23,24)25)29(33(31,32)17-4-2-1-3-5-17)14-20(30)28-27-13-15-8-10-26-11-9-15/h1-13H,14H2,(H,28,30). The highest BCUT2D eigenvalue weighted by Crippen LogP contribution is 2.37. The minimum Gasteiger partial charge on any atom is -0.271 e. The number of alkyl halides is 3. The fourth-order valence-corrected chi connectivity index (χ4v) is 4.37. The number of benzene rings is 2. The minimum absolute atomic E-state index is 0.207. The van der Waals surface area contributed by atoms with Crippen LogP contribution in [0.2, 0.25) is 5.02 Å². The molecule has 0 saturated heterocycles. The molecule has 172 valence electrons. The van der Waals surface area contributed by atoms with Crippen LogP contribution in [0.3, 0.4) is 0 Å². The molecular formula is C21H16ClF3N4O3S. The molecule has 1 N–H and O–H groups in total. The number of anilines is 1. The number of nitrogens with one attached hydrogen (secondary N) is 1. The maximum absolute atomic E-state index is 13.3. The summed E-state index contributed by atoms with van der Waals surface area (Å²) in [5, 5.41) is 3.14. The lowest BCUT2D eigenvalue weighted by Gasteiger charge is -2.24. The summed E-state index contributed by atoms with van der Waals surface area (Å²) >= 11 is 5.66. The average molecular weight is 497 g/mol. The summed E-state index contributed by atoms with van der Waals surface area (Å²) in [6, 6.07) is 12.8. The van der Waals surface area contributed by atoms with Gasteiger partial charge in [-0.1, -0.05) is 29.8 Å². The highest BCUT2D eigenvalue weighted by molar-refractivity contribution is 7.92. The number of hydrogen-bond acceptors (Lipinski definition) is 5. The first-order valence-corrected chi connectivity index (χ1v) is 11.1. The zero-order valence-corrected chi connectivity index (χ0v) is 18.3. The summed E-state index contributed by atoms with van der Waals surface area (Å²) in [5.41, 5.74) is 1.17. The number of carbonyl (C=O) groups is 1. The molecule has 2 aromatic carbocycles. The van der Waals surface area contributed by atoms with Gasteiger partial charge in [0.15, 0.2) is 0 Å². The number of amides is 1. The van der Waals surface area contributed by atoms with Crippen LogP contribution in [0.5, 0.6) is 0 Å². The Morgan fingerprint density at radius 2 is 1.76 bits per heavy atom. The Hall–Kier alpha value is -3.44. The van der Waals surface area contributed by atoms with Crippen LogP contribution in [0.15, 0.2) is 83.1 Å². The number of halogens is 4. The first kappa shape index (κ1) is 24.2. The first-order chi connectivity index (χ1) is 15.6. The number of aromatic nitrogens is 1. The van der Waals surface area contributed by atoms with E-state index in [-0.39, 0.29) is 10.6 Å². The molecule has 0 unspecified atom stereocenters. The lowest BCUT2D eigenvalue weighted by Crippen LogP contribution is -2.39. The summed E-state index contributed by atoms with van der Waals surface area (Å²) in [5.74, 6) is -0.872. The second kappa shape index (κ2) is 10.0. The number of nitrogens with zero attached hydrogens (tertiary/aromatic N) is 3. The smallest absolute Gasteiger partial charge is 0.271 e. The summed E-state index contributed by atoms with van der Waals surface area (Å²) in [7, 11) is -4.40. The van der Waals surface area contributed by atoms with Crippen LogP contribution in [0.4, 0.5) is 18.9 Å². The highest BCUT2D eigenvalue weighted by atomic mass is 35.5. The van der Waals surface area contributed by atoms with E-state index in [0.29, 0.717) is 15.9 Å². The van der Waals surface area contributed by atoms with Gasteiger partial charge < -0.3 is 0 Å². The summed E-state index contributed by atoms with van der Waals surface area (Å²) in [6.45, 7) is -0.830. The van der Waals surface area contributed by atoms with Gasteiger partial charge >= 0.3 is 6.18 Å². The van der Waals surface area contributed by atoms with E-state index < -0.39 is 39.2 Å². The molecule has 0 aliphatic rings. The molecule has 0 radical (unpaired) electrons. The lowest BCUT2D eigenvalue weighted by atomic mass is 10.2. The van der Waals surface area contributed by atoms with E-state index in [1.54, 1.807) is 18.2 Å². The van der Waals surface area contributed by atoms with Crippen molar-refractivity contribution in [2.45, 2.75) is 11.1 Å². The molecule has 0 bridgehead atoms. The number of hydrazone groups is 1. The molecule has 3 aromatic rings. The van der Waals surface area contributed by atoms with Gasteiger partial charge in [-0.05, 0) is 48.0 Å². The topological polar surface area (TPSA) is 91.7 Å². The summed E-state index contributed by atoms with van der Waals surface area (Å²) < 4.78 is 67.0. The van der Waals surface area contributed by atoms with Gasteiger partial charge in [0, 0.05) is 12.4 Å². The van der Waals surface area contributed by atoms with Gasteiger partial charge in [-0.3, -0.25) is 14.1 Å². The van der Waals surface area contributed by atoms with Crippen LogP contribution < -0.4 is 9.73 Å². The molecule has 0 atom stereocenters. The van der Waals surface area contributed by atoms with Crippen LogP contribution >= 0.6 is 11.6 Å². The molecule has 0 aliphatic carbocycles. The van der Waals surface area contributed by atoms with Crippen LogP contribution in [0.25, 0.3) is 0 Å². The molecule has 7 nitrogen and oxygen atoms in total. The predicted octanol–water partition coefficient (Wildman–Crippen LogP) is 4.10. The molecule has 0 fully saturated rings. The number of pyridine rings is 1. The van der Waals surface area contributed by atoms with Crippen molar-refractivity contribution in [2.75, 3.05) is 10.8 Å². The number of carbonyl (C=O) groups excluding carboxylic acids is 1. The summed E-state index contributed by atoms with van der Waals surface area (Å²) in [4.78, 5) is 16.1.